The normalized spacial score (nSPS) is 15.2. The molecule has 0 unspecified atom stereocenters. The maximum Gasteiger partial charge on any atom is 0.231 e. The summed E-state index contributed by atoms with van der Waals surface area (Å²) < 4.78 is 18.3. The number of thioether (sulfide) groups is 1. The van der Waals surface area contributed by atoms with Gasteiger partial charge in [-0.25, -0.2) is 0 Å². The van der Waals surface area contributed by atoms with Crippen molar-refractivity contribution in [3.8, 4) is 11.5 Å². The lowest BCUT2D eigenvalue weighted by Crippen LogP contribution is -2.32. The molecule has 1 N–H and O–H groups in total. The zero-order valence-corrected chi connectivity index (χ0v) is 18.5. The molecular weight excluding hydrogens is 430 g/mol. The molecule has 0 radical (unpaired) electrons. The lowest BCUT2D eigenvalue weighted by Gasteiger charge is -2.27. The number of anilines is 1. The average molecular weight is 456 g/mol. The second kappa shape index (κ2) is 9.56. The molecule has 0 atom stereocenters. The van der Waals surface area contributed by atoms with Crippen molar-refractivity contribution in [3.63, 3.8) is 0 Å². The predicted octanol–water partition coefficient (Wildman–Crippen LogP) is 3.05. The molecule has 1 saturated heterocycles. The highest BCUT2D eigenvalue weighted by molar-refractivity contribution is 7.99. The van der Waals surface area contributed by atoms with Crippen molar-refractivity contribution >= 4 is 23.6 Å². The molecule has 0 saturated carbocycles. The molecule has 1 fully saturated rings. The molecule has 2 aliphatic rings. The van der Waals surface area contributed by atoms with Crippen molar-refractivity contribution in [3.05, 3.63) is 47.9 Å². The Balaban J connectivity index is 1.22. The number of fused-ring (bicyclic) bond motifs is 1. The Labute approximate surface area is 190 Å². The molecule has 5 rings (SSSR count). The number of benzene rings is 1. The SMILES string of the molecule is O=C(CSc1nnc(N2CCCCC2)n1Cc1ccco1)NCc1ccc2c(c1)OCO2. The average Bonchev–Trinajstić information content (AvgIpc) is 3.58. The van der Waals surface area contributed by atoms with Gasteiger partial charge in [0.05, 0.1) is 18.6 Å². The van der Waals surface area contributed by atoms with Gasteiger partial charge in [0, 0.05) is 19.6 Å². The maximum absolute atomic E-state index is 12.5. The van der Waals surface area contributed by atoms with Crippen LogP contribution < -0.4 is 19.7 Å². The summed E-state index contributed by atoms with van der Waals surface area (Å²) in [7, 11) is 0. The first-order valence-corrected chi connectivity index (χ1v) is 11.7. The van der Waals surface area contributed by atoms with Gasteiger partial charge in [0.2, 0.25) is 18.6 Å². The van der Waals surface area contributed by atoms with E-state index in [0.29, 0.717) is 24.0 Å². The van der Waals surface area contributed by atoms with Gasteiger partial charge in [0.15, 0.2) is 16.7 Å². The zero-order chi connectivity index (χ0) is 21.8. The smallest absolute Gasteiger partial charge is 0.231 e. The van der Waals surface area contributed by atoms with E-state index in [0.717, 1.165) is 49.0 Å². The first-order chi connectivity index (χ1) is 15.8. The molecule has 9 nitrogen and oxygen atoms in total. The van der Waals surface area contributed by atoms with Crippen LogP contribution in [0.5, 0.6) is 11.5 Å². The summed E-state index contributed by atoms with van der Waals surface area (Å²) in [6, 6.07) is 9.48. The third kappa shape index (κ3) is 4.69. The van der Waals surface area contributed by atoms with Crippen molar-refractivity contribution in [2.24, 2.45) is 0 Å². The van der Waals surface area contributed by atoms with Crippen LogP contribution in [-0.4, -0.2) is 46.3 Å². The third-order valence-corrected chi connectivity index (χ3v) is 6.46. The van der Waals surface area contributed by atoms with Gasteiger partial charge < -0.3 is 24.1 Å². The fourth-order valence-corrected chi connectivity index (χ4v) is 4.61. The number of carbonyl (C=O) groups is 1. The first-order valence-electron chi connectivity index (χ1n) is 10.7. The molecule has 0 spiro atoms. The van der Waals surface area contributed by atoms with Gasteiger partial charge in [0.1, 0.15) is 5.76 Å². The number of ether oxygens (including phenoxy) is 2. The van der Waals surface area contributed by atoms with E-state index in [1.54, 1.807) is 6.26 Å². The minimum Gasteiger partial charge on any atom is -0.467 e. The zero-order valence-electron chi connectivity index (χ0n) is 17.7. The lowest BCUT2D eigenvalue weighted by molar-refractivity contribution is -0.118. The highest BCUT2D eigenvalue weighted by atomic mass is 32.2. The first kappa shape index (κ1) is 20.7. The van der Waals surface area contributed by atoms with Crippen molar-refractivity contribution in [1.82, 2.24) is 20.1 Å². The van der Waals surface area contributed by atoms with Crippen molar-refractivity contribution in [2.45, 2.75) is 37.5 Å². The number of carbonyl (C=O) groups excluding carboxylic acids is 1. The summed E-state index contributed by atoms with van der Waals surface area (Å²) in [6.45, 7) is 3.13. The molecule has 2 aromatic heterocycles. The van der Waals surface area contributed by atoms with Crippen molar-refractivity contribution < 1.29 is 18.7 Å². The standard InChI is InChI=1S/C22H25N5O4S/c28-20(23-12-16-6-7-18-19(11-16)31-15-30-18)14-32-22-25-24-21(26-8-2-1-3-9-26)27(22)13-17-5-4-10-29-17/h4-7,10-11H,1-3,8-9,12-15H2,(H,23,28). The van der Waals surface area contributed by atoms with E-state index in [1.807, 2.05) is 34.9 Å². The minimum atomic E-state index is -0.0697. The Morgan fingerprint density at radius 3 is 2.81 bits per heavy atom. The fourth-order valence-electron chi connectivity index (χ4n) is 3.85. The number of aromatic nitrogens is 3. The number of piperidine rings is 1. The number of furan rings is 1. The lowest BCUT2D eigenvalue weighted by atomic mass is 10.1. The number of hydrogen-bond acceptors (Lipinski definition) is 8. The summed E-state index contributed by atoms with van der Waals surface area (Å²) in [5, 5.41) is 12.5. The van der Waals surface area contributed by atoms with Crippen LogP contribution in [0.3, 0.4) is 0 Å². The molecule has 32 heavy (non-hydrogen) atoms. The molecule has 0 aliphatic carbocycles. The second-order valence-corrected chi connectivity index (χ2v) is 8.69. The van der Waals surface area contributed by atoms with Crippen LogP contribution in [0.2, 0.25) is 0 Å². The van der Waals surface area contributed by atoms with Crippen LogP contribution in [0.4, 0.5) is 5.95 Å². The summed E-state index contributed by atoms with van der Waals surface area (Å²) >= 11 is 1.38. The Hall–Kier alpha value is -3.14. The molecule has 1 aromatic carbocycles. The van der Waals surface area contributed by atoms with Crippen LogP contribution in [0, 0.1) is 0 Å². The highest BCUT2D eigenvalue weighted by Crippen LogP contribution is 2.32. The molecule has 0 bridgehead atoms. The molecule has 168 valence electrons. The number of nitrogens with zero attached hydrogens (tertiary/aromatic N) is 4. The predicted molar refractivity (Wildman–Crippen MR) is 119 cm³/mol. The molecule has 3 aromatic rings. The molecule has 1 amide bonds. The Morgan fingerprint density at radius 1 is 1.09 bits per heavy atom. The van der Waals surface area contributed by atoms with E-state index in [-0.39, 0.29) is 18.5 Å². The van der Waals surface area contributed by atoms with Crippen LogP contribution in [-0.2, 0) is 17.9 Å². The topological polar surface area (TPSA) is 94.7 Å². The van der Waals surface area contributed by atoms with E-state index in [1.165, 1.54) is 18.2 Å². The fraction of sp³-hybridized carbons (Fsp3) is 0.409. The number of nitrogens with one attached hydrogen (secondary N) is 1. The highest BCUT2D eigenvalue weighted by Gasteiger charge is 2.22. The van der Waals surface area contributed by atoms with Crippen LogP contribution >= 0.6 is 11.8 Å². The van der Waals surface area contributed by atoms with Crippen LogP contribution in [0.1, 0.15) is 30.6 Å². The van der Waals surface area contributed by atoms with Gasteiger partial charge in [-0.3, -0.25) is 9.36 Å². The summed E-state index contributed by atoms with van der Waals surface area (Å²) in [5.41, 5.74) is 0.959. The number of hydrogen-bond donors (Lipinski definition) is 1. The Morgan fingerprint density at radius 2 is 1.97 bits per heavy atom. The van der Waals surface area contributed by atoms with E-state index in [2.05, 4.69) is 20.4 Å². The summed E-state index contributed by atoms with van der Waals surface area (Å²) in [5.74, 6) is 3.29. The van der Waals surface area contributed by atoms with Gasteiger partial charge in [-0.2, -0.15) is 0 Å². The van der Waals surface area contributed by atoms with Crippen LogP contribution in [0.15, 0.2) is 46.2 Å². The Bertz CT molecular complexity index is 1060. The van der Waals surface area contributed by atoms with E-state index in [4.69, 9.17) is 13.9 Å². The quantitative estimate of drug-likeness (QED) is 0.518. The van der Waals surface area contributed by atoms with Gasteiger partial charge >= 0.3 is 0 Å². The minimum absolute atomic E-state index is 0.0697. The Kier molecular flexibility index (Phi) is 6.20. The van der Waals surface area contributed by atoms with E-state index < -0.39 is 0 Å². The van der Waals surface area contributed by atoms with Crippen molar-refractivity contribution in [1.29, 1.82) is 0 Å². The van der Waals surface area contributed by atoms with E-state index >= 15 is 0 Å². The molecule has 10 heteroatoms. The number of rotatable bonds is 8. The molecule has 4 heterocycles. The monoisotopic (exact) mass is 455 g/mol. The maximum atomic E-state index is 12.5. The molecule has 2 aliphatic heterocycles. The van der Waals surface area contributed by atoms with Gasteiger partial charge in [-0.15, -0.1) is 10.2 Å². The van der Waals surface area contributed by atoms with Gasteiger partial charge in [-0.1, -0.05) is 17.8 Å². The van der Waals surface area contributed by atoms with Gasteiger partial charge in [0.25, 0.3) is 0 Å². The molecular formula is C22H25N5O4S. The third-order valence-electron chi connectivity index (χ3n) is 5.49. The summed E-state index contributed by atoms with van der Waals surface area (Å²) in [6.07, 6.45) is 5.21. The summed E-state index contributed by atoms with van der Waals surface area (Å²) in [4.78, 5) is 14.8. The van der Waals surface area contributed by atoms with Crippen molar-refractivity contribution in [2.75, 3.05) is 30.5 Å². The van der Waals surface area contributed by atoms with Gasteiger partial charge in [-0.05, 0) is 49.1 Å². The van der Waals surface area contributed by atoms with Crippen LogP contribution in [0.25, 0.3) is 0 Å². The number of amides is 1. The second-order valence-electron chi connectivity index (χ2n) is 7.75. The van der Waals surface area contributed by atoms with E-state index in [9.17, 15) is 4.79 Å². The largest absolute Gasteiger partial charge is 0.467 e.